The maximum absolute atomic E-state index is 12.7. The van der Waals surface area contributed by atoms with Crippen molar-refractivity contribution in [2.45, 2.75) is 45.2 Å². The fourth-order valence-corrected chi connectivity index (χ4v) is 5.39. The van der Waals surface area contributed by atoms with E-state index in [1.54, 1.807) is 7.11 Å². The smallest absolute Gasteiger partial charge is 0.341 e. The van der Waals surface area contributed by atoms with Gasteiger partial charge in [0.1, 0.15) is 16.8 Å². The van der Waals surface area contributed by atoms with Crippen LogP contribution < -0.4 is 10.2 Å². The van der Waals surface area contributed by atoms with Crippen LogP contribution in [0.1, 0.15) is 55.6 Å². The van der Waals surface area contributed by atoms with Crippen molar-refractivity contribution >= 4 is 16.9 Å². The molecule has 2 aliphatic rings. The number of hydrogen-bond donors (Lipinski definition) is 1. The Balaban J connectivity index is 1.72. The lowest BCUT2D eigenvalue weighted by Crippen LogP contribution is -2.35. The van der Waals surface area contributed by atoms with Gasteiger partial charge in [-0.05, 0) is 24.3 Å². The van der Waals surface area contributed by atoms with Crippen LogP contribution in [-0.2, 0) is 4.74 Å². The molecule has 1 aromatic carbocycles. The van der Waals surface area contributed by atoms with Gasteiger partial charge in [0.25, 0.3) is 0 Å². The summed E-state index contributed by atoms with van der Waals surface area (Å²) < 4.78 is 15.2. The topological polar surface area (TPSA) is 95.6 Å². The molecule has 2 aromatic heterocycles. The Bertz CT molecular complexity index is 1270. The zero-order chi connectivity index (χ0) is 22.6. The highest BCUT2D eigenvalue weighted by Gasteiger charge is 2.48. The molecule has 1 aliphatic heterocycles. The number of carbonyl (C=O) groups is 1. The Kier molecular flexibility index (Phi) is 4.85. The molecule has 0 amide bonds. The number of aromatic carboxylic acids is 1. The molecule has 0 saturated heterocycles. The van der Waals surface area contributed by atoms with Gasteiger partial charge in [-0.3, -0.25) is 9.48 Å². The van der Waals surface area contributed by atoms with Crippen molar-refractivity contribution in [2.24, 2.45) is 5.41 Å². The normalized spacial score (nSPS) is 20.6. The Morgan fingerprint density at radius 1 is 1.31 bits per heavy atom. The average molecular weight is 437 g/mol. The minimum atomic E-state index is -1.20. The third kappa shape index (κ3) is 3.04. The van der Waals surface area contributed by atoms with Gasteiger partial charge in [0.2, 0.25) is 0 Å². The van der Waals surface area contributed by atoms with Crippen LogP contribution in [0.4, 0.5) is 0 Å². The molecule has 3 aromatic rings. The number of benzene rings is 1. The largest absolute Gasteiger partial charge is 0.491 e. The number of hydrogen-bond acceptors (Lipinski definition) is 5. The van der Waals surface area contributed by atoms with E-state index in [2.05, 4.69) is 13.8 Å². The van der Waals surface area contributed by atoms with Gasteiger partial charge < -0.3 is 19.1 Å². The second-order valence-electron chi connectivity index (χ2n) is 9.33. The predicted octanol–water partition coefficient (Wildman–Crippen LogP) is 3.89. The van der Waals surface area contributed by atoms with Gasteiger partial charge in [-0.2, -0.15) is 5.10 Å². The Labute approximate surface area is 185 Å². The number of ether oxygens (including phenoxy) is 2. The summed E-state index contributed by atoms with van der Waals surface area (Å²) in [4.78, 5) is 24.4. The van der Waals surface area contributed by atoms with E-state index in [-0.39, 0.29) is 23.1 Å². The summed E-state index contributed by atoms with van der Waals surface area (Å²) in [5.41, 5.74) is 1.54. The summed E-state index contributed by atoms with van der Waals surface area (Å²) in [6.07, 6.45) is 4.21. The monoisotopic (exact) mass is 437 g/mol. The highest BCUT2D eigenvalue weighted by atomic mass is 16.5. The SMILES string of the molecule is COCCCOc1cccc2c3n(nc12)[C@H]1CCC(C)(C)[C@H]1n1cc(C(=O)O)c(=O)cc1-3. The summed E-state index contributed by atoms with van der Waals surface area (Å²) in [5, 5.41) is 15.4. The van der Waals surface area contributed by atoms with Crippen molar-refractivity contribution in [3.05, 3.63) is 46.2 Å². The second kappa shape index (κ2) is 7.48. The number of pyridine rings is 1. The van der Waals surface area contributed by atoms with Crippen molar-refractivity contribution < 1.29 is 19.4 Å². The van der Waals surface area contributed by atoms with E-state index < -0.39 is 11.4 Å². The molecule has 1 saturated carbocycles. The zero-order valence-corrected chi connectivity index (χ0v) is 18.5. The van der Waals surface area contributed by atoms with Crippen LogP contribution in [0, 0.1) is 5.41 Å². The summed E-state index contributed by atoms with van der Waals surface area (Å²) in [6, 6.07) is 7.35. The van der Waals surface area contributed by atoms with E-state index in [1.807, 2.05) is 27.4 Å². The lowest BCUT2D eigenvalue weighted by molar-refractivity contribution is 0.0693. The van der Waals surface area contributed by atoms with E-state index >= 15 is 0 Å². The van der Waals surface area contributed by atoms with Gasteiger partial charge in [-0.1, -0.05) is 26.0 Å². The van der Waals surface area contributed by atoms with Crippen LogP contribution in [0.5, 0.6) is 5.75 Å². The molecule has 2 atom stereocenters. The molecule has 1 fully saturated rings. The number of rotatable bonds is 6. The first kappa shape index (κ1) is 20.8. The Morgan fingerprint density at radius 3 is 2.88 bits per heavy atom. The number of aromatic nitrogens is 3. The van der Waals surface area contributed by atoms with Crippen molar-refractivity contribution in [1.29, 1.82) is 0 Å². The fraction of sp³-hybridized carbons (Fsp3) is 0.458. The number of carboxylic acid groups (broad SMARTS) is 1. The minimum absolute atomic E-state index is 0.00378. The maximum Gasteiger partial charge on any atom is 0.341 e. The summed E-state index contributed by atoms with van der Waals surface area (Å²) in [5.74, 6) is -0.501. The first-order chi connectivity index (χ1) is 15.3. The molecule has 1 aliphatic carbocycles. The van der Waals surface area contributed by atoms with Gasteiger partial charge in [0, 0.05) is 37.8 Å². The molecular formula is C24H27N3O5. The quantitative estimate of drug-likeness (QED) is 0.588. The van der Waals surface area contributed by atoms with E-state index in [1.165, 1.54) is 12.3 Å². The maximum atomic E-state index is 12.7. The number of nitrogens with zero attached hydrogens (tertiary/aromatic N) is 3. The summed E-state index contributed by atoms with van der Waals surface area (Å²) in [7, 11) is 1.67. The number of methoxy groups -OCH3 is 1. The highest BCUT2D eigenvalue weighted by Crippen LogP contribution is 2.56. The van der Waals surface area contributed by atoms with Crippen LogP contribution in [0.15, 0.2) is 35.3 Å². The first-order valence-corrected chi connectivity index (χ1v) is 11.0. The van der Waals surface area contributed by atoms with Crippen LogP contribution in [0.2, 0.25) is 0 Å². The van der Waals surface area contributed by atoms with Crippen molar-refractivity contribution in [1.82, 2.24) is 14.3 Å². The molecule has 168 valence electrons. The third-order valence-electron chi connectivity index (χ3n) is 6.86. The van der Waals surface area contributed by atoms with Crippen LogP contribution >= 0.6 is 0 Å². The molecule has 1 N–H and O–H groups in total. The first-order valence-electron chi connectivity index (χ1n) is 11.0. The van der Waals surface area contributed by atoms with Gasteiger partial charge in [0.15, 0.2) is 5.43 Å². The Morgan fingerprint density at radius 2 is 2.12 bits per heavy atom. The molecule has 5 rings (SSSR count). The molecule has 3 heterocycles. The van der Waals surface area contributed by atoms with E-state index in [0.717, 1.165) is 35.9 Å². The second-order valence-corrected chi connectivity index (χ2v) is 9.33. The molecule has 0 bridgehead atoms. The van der Waals surface area contributed by atoms with Crippen LogP contribution in [0.25, 0.3) is 22.3 Å². The average Bonchev–Trinajstić information content (AvgIpc) is 3.29. The fourth-order valence-electron chi connectivity index (χ4n) is 5.39. The predicted molar refractivity (Wildman–Crippen MR) is 119 cm³/mol. The van der Waals surface area contributed by atoms with Gasteiger partial charge in [0.05, 0.1) is 30.1 Å². The molecule has 0 radical (unpaired) electrons. The van der Waals surface area contributed by atoms with Gasteiger partial charge in [-0.25, -0.2) is 4.79 Å². The van der Waals surface area contributed by atoms with Gasteiger partial charge in [-0.15, -0.1) is 0 Å². The highest BCUT2D eigenvalue weighted by molar-refractivity contribution is 5.97. The molecule has 0 spiro atoms. The molecule has 32 heavy (non-hydrogen) atoms. The van der Waals surface area contributed by atoms with Crippen molar-refractivity contribution in [3.8, 4) is 17.1 Å². The summed E-state index contributed by atoms with van der Waals surface area (Å²) >= 11 is 0. The van der Waals surface area contributed by atoms with E-state index in [9.17, 15) is 14.7 Å². The standard InChI is InChI=1S/C24H27N3O5/c1-24(2)9-8-16-22(24)26-13-15(23(29)30)18(28)12-17(26)21-14-6-4-7-19(20(14)25-27(16)21)32-11-5-10-31-3/h4,6-7,12-13,16,22H,5,8-11H2,1-3H3,(H,29,30)/t16-,22-/m0/s1. The third-order valence-corrected chi connectivity index (χ3v) is 6.86. The van der Waals surface area contributed by atoms with E-state index in [0.29, 0.717) is 24.7 Å². The van der Waals surface area contributed by atoms with Crippen molar-refractivity contribution in [3.63, 3.8) is 0 Å². The minimum Gasteiger partial charge on any atom is -0.491 e. The molecular weight excluding hydrogens is 410 g/mol. The zero-order valence-electron chi connectivity index (χ0n) is 18.5. The lowest BCUT2D eigenvalue weighted by Gasteiger charge is -2.39. The molecule has 8 nitrogen and oxygen atoms in total. The number of carboxylic acids is 1. The van der Waals surface area contributed by atoms with Crippen LogP contribution in [-0.4, -0.2) is 45.7 Å². The molecule has 8 heteroatoms. The van der Waals surface area contributed by atoms with Crippen LogP contribution in [0.3, 0.4) is 0 Å². The summed E-state index contributed by atoms with van der Waals surface area (Å²) in [6.45, 7) is 5.53. The molecule has 0 unspecified atom stereocenters. The Hall–Kier alpha value is -3.13. The van der Waals surface area contributed by atoms with Gasteiger partial charge >= 0.3 is 5.97 Å². The van der Waals surface area contributed by atoms with Crippen molar-refractivity contribution in [2.75, 3.05) is 20.3 Å². The number of fused-ring (bicyclic) bond motifs is 8. The van der Waals surface area contributed by atoms with E-state index in [4.69, 9.17) is 14.6 Å². The lowest BCUT2D eigenvalue weighted by atomic mass is 9.84.